The number of rotatable bonds is 4. The van der Waals surface area contributed by atoms with Crippen LogP contribution in [0.15, 0.2) is 77.7 Å². The van der Waals surface area contributed by atoms with Crippen molar-refractivity contribution in [2.24, 2.45) is 0 Å². The van der Waals surface area contributed by atoms with Crippen molar-refractivity contribution in [3.63, 3.8) is 0 Å². The molecule has 152 valence electrons. The number of fused-ring (bicyclic) bond motifs is 1. The minimum atomic E-state index is -0.199. The summed E-state index contributed by atoms with van der Waals surface area (Å²) in [6.45, 7) is 3.99. The minimum Gasteiger partial charge on any atom is -0.324 e. The Labute approximate surface area is 181 Å². The van der Waals surface area contributed by atoms with Crippen molar-refractivity contribution in [2.75, 3.05) is 16.8 Å². The zero-order valence-electron chi connectivity index (χ0n) is 17.1. The molecular formula is C25H24N2O2S. The van der Waals surface area contributed by atoms with Gasteiger partial charge in [-0.05, 0) is 48.7 Å². The number of hydrogen-bond donors (Lipinski definition) is 1. The van der Waals surface area contributed by atoms with Gasteiger partial charge in [0.05, 0.1) is 5.69 Å². The van der Waals surface area contributed by atoms with E-state index in [1.165, 1.54) is 0 Å². The van der Waals surface area contributed by atoms with Crippen molar-refractivity contribution in [3.8, 4) is 0 Å². The van der Waals surface area contributed by atoms with Crippen LogP contribution < -0.4 is 10.2 Å². The maximum absolute atomic E-state index is 13.2. The van der Waals surface area contributed by atoms with E-state index in [1.54, 1.807) is 16.7 Å². The Bertz CT molecular complexity index is 1080. The summed E-state index contributed by atoms with van der Waals surface area (Å²) in [6, 6.07) is 23.7. The Balaban J connectivity index is 1.59. The van der Waals surface area contributed by atoms with Crippen LogP contribution in [0.1, 0.15) is 28.4 Å². The molecule has 3 aromatic carbocycles. The molecule has 1 aliphatic heterocycles. The molecule has 4 rings (SSSR count). The highest BCUT2D eigenvalue weighted by molar-refractivity contribution is 7.99. The number of hydrogen-bond acceptors (Lipinski definition) is 3. The normalized spacial score (nSPS) is 16.0. The second kappa shape index (κ2) is 8.76. The number of thioether (sulfide) groups is 1. The van der Waals surface area contributed by atoms with Gasteiger partial charge in [-0.15, -0.1) is 11.8 Å². The first-order valence-electron chi connectivity index (χ1n) is 10.00. The van der Waals surface area contributed by atoms with Crippen molar-refractivity contribution in [1.82, 2.24) is 0 Å². The molecule has 1 atom stereocenters. The first kappa shape index (κ1) is 20.2. The van der Waals surface area contributed by atoms with Gasteiger partial charge in [0.1, 0.15) is 6.54 Å². The van der Waals surface area contributed by atoms with Crippen LogP contribution in [-0.2, 0) is 9.59 Å². The van der Waals surface area contributed by atoms with Crippen molar-refractivity contribution >= 4 is 35.0 Å². The molecule has 2 amide bonds. The van der Waals surface area contributed by atoms with E-state index in [4.69, 9.17) is 0 Å². The van der Waals surface area contributed by atoms with Crippen LogP contribution in [-0.4, -0.2) is 18.4 Å². The third-order valence-corrected chi connectivity index (χ3v) is 6.76. The highest BCUT2D eigenvalue weighted by atomic mass is 32.2. The molecule has 1 heterocycles. The lowest BCUT2D eigenvalue weighted by molar-refractivity contribution is -0.121. The van der Waals surface area contributed by atoms with Gasteiger partial charge in [0.25, 0.3) is 0 Å². The molecular weight excluding hydrogens is 392 g/mol. The molecule has 0 spiro atoms. The maximum atomic E-state index is 13.2. The van der Waals surface area contributed by atoms with Gasteiger partial charge >= 0.3 is 0 Å². The van der Waals surface area contributed by atoms with Crippen molar-refractivity contribution in [1.29, 1.82) is 0 Å². The van der Waals surface area contributed by atoms with Gasteiger partial charge in [-0.3, -0.25) is 9.59 Å². The largest absolute Gasteiger partial charge is 0.324 e. The average molecular weight is 417 g/mol. The van der Waals surface area contributed by atoms with Gasteiger partial charge in [-0.1, -0.05) is 54.6 Å². The standard InChI is InChI=1S/C25H24N2O2S/c1-17-9-8-12-20(18(17)2)26-24(28)16-27-21-13-6-7-14-22(21)30-23(15-25(27)29)19-10-4-3-5-11-19/h3-14,23H,15-16H2,1-2H3,(H,26,28)/t23-/m0/s1. The van der Waals surface area contributed by atoms with Crippen molar-refractivity contribution in [3.05, 3.63) is 89.5 Å². The summed E-state index contributed by atoms with van der Waals surface area (Å²) in [5.74, 6) is -0.243. The maximum Gasteiger partial charge on any atom is 0.244 e. The molecule has 0 aromatic heterocycles. The van der Waals surface area contributed by atoms with Gasteiger partial charge < -0.3 is 10.2 Å². The number of amides is 2. The highest BCUT2D eigenvalue weighted by Gasteiger charge is 2.30. The quantitative estimate of drug-likeness (QED) is 0.610. The highest BCUT2D eigenvalue weighted by Crippen LogP contribution is 2.45. The monoisotopic (exact) mass is 416 g/mol. The smallest absolute Gasteiger partial charge is 0.244 e. The summed E-state index contributed by atoms with van der Waals surface area (Å²) in [6.07, 6.45) is 0.347. The van der Waals surface area contributed by atoms with Crippen LogP contribution >= 0.6 is 11.8 Å². The van der Waals surface area contributed by atoms with Crippen molar-refractivity contribution < 1.29 is 9.59 Å². The number of para-hydroxylation sites is 1. The number of carbonyl (C=O) groups is 2. The van der Waals surface area contributed by atoms with E-state index in [0.717, 1.165) is 33.0 Å². The molecule has 1 aliphatic rings. The molecule has 0 unspecified atom stereocenters. The summed E-state index contributed by atoms with van der Waals surface area (Å²) < 4.78 is 0. The van der Waals surface area contributed by atoms with Gasteiger partial charge in [-0.25, -0.2) is 0 Å². The van der Waals surface area contributed by atoms with E-state index < -0.39 is 0 Å². The molecule has 0 radical (unpaired) electrons. The molecule has 4 nitrogen and oxygen atoms in total. The molecule has 5 heteroatoms. The van der Waals surface area contributed by atoms with Crippen LogP contribution in [0.5, 0.6) is 0 Å². The second-order valence-electron chi connectivity index (χ2n) is 7.46. The topological polar surface area (TPSA) is 49.4 Å². The molecule has 30 heavy (non-hydrogen) atoms. The van der Waals surface area contributed by atoms with Crippen LogP contribution in [0.4, 0.5) is 11.4 Å². The second-order valence-corrected chi connectivity index (χ2v) is 8.71. The molecule has 1 N–H and O–H groups in total. The van der Waals surface area contributed by atoms with E-state index in [0.29, 0.717) is 6.42 Å². The molecule has 0 fully saturated rings. The lowest BCUT2D eigenvalue weighted by Gasteiger charge is -2.22. The number of aryl methyl sites for hydroxylation is 1. The summed E-state index contributed by atoms with van der Waals surface area (Å²) in [5.41, 5.74) is 4.85. The molecule has 0 bridgehead atoms. The predicted molar refractivity (Wildman–Crippen MR) is 123 cm³/mol. The third-order valence-electron chi connectivity index (χ3n) is 5.44. The Hall–Kier alpha value is -3.05. The Kier molecular flexibility index (Phi) is 5.91. The third kappa shape index (κ3) is 4.26. The fourth-order valence-corrected chi connectivity index (χ4v) is 4.91. The zero-order chi connectivity index (χ0) is 21.1. The molecule has 0 aliphatic carbocycles. The predicted octanol–water partition coefficient (Wildman–Crippen LogP) is 5.51. The van der Waals surface area contributed by atoms with Gasteiger partial charge in [0, 0.05) is 22.3 Å². The van der Waals surface area contributed by atoms with E-state index in [9.17, 15) is 9.59 Å². The van der Waals surface area contributed by atoms with E-state index in [2.05, 4.69) is 17.4 Å². The fraction of sp³-hybridized carbons (Fsp3) is 0.200. The number of nitrogens with zero attached hydrogens (tertiary/aromatic N) is 1. The lowest BCUT2D eigenvalue weighted by atomic mass is 10.1. The van der Waals surface area contributed by atoms with Crippen LogP contribution in [0, 0.1) is 13.8 Å². The number of nitrogens with one attached hydrogen (secondary N) is 1. The number of benzene rings is 3. The van der Waals surface area contributed by atoms with Crippen LogP contribution in [0.2, 0.25) is 0 Å². The SMILES string of the molecule is Cc1cccc(NC(=O)CN2C(=O)C[C@@H](c3ccccc3)Sc3ccccc32)c1C. The molecule has 0 saturated carbocycles. The van der Waals surface area contributed by atoms with Gasteiger partial charge in [-0.2, -0.15) is 0 Å². The van der Waals surface area contributed by atoms with Crippen molar-refractivity contribution in [2.45, 2.75) is 30.4 Å². The minimum absolute atomic E-state index is 0.00863. The first-order chi connectivity index (χ1) is 14.5. The van der Waals surface area contributed by atoms with E-state index in [-0.39, 0.29) is 23.6 Å². The average Bonchev–Trinajstić information content (AvgIpc) is 2.89. The Morgan fingerprint density at radius 3 is 2.53 bits per heavy atom. The summed E-state index contributed by atoms with van der Waals surface area (Å²) in [7, 11) is 0. The van der Waals surface area contributed by atoms with Crippen LogP contribution in [0.25, 0.3) is 0 Å². The van der Waals surface area contributed by atoms with Crippen LogP contribution in [0.3, 0.4) is 0 Å². The summed E-state index contributed by atoms with van der Waals surface area (Å²) in [5, 5.41) is 2.99. The Morgan fingerprint density at radius 1 is 1.00 bits per heavy atom. The first-order valence-corrected chi connectivity index (χ1v) is 10.9. The molecule has 3 aromatic rings. The fourth-order valence-electron chi connectivity index (χ4n) is 3.62. The summed E-state index contributed by atoms with van der Waals surface area (Å²) >= 11 is 1.68. The lowest BCUT2D eigenvalue weighted by Crippen LogP contribution is -2.38. The van der Waals surface area contributed by atoms with Gasteiger partial charge in [0.15, 0.2) is 0 Å². The van der Waals surface area contributed by atoms with Gasteiger partial charge in [0.2, 0.25) is 11.8 Å². The molecule has 0 saturated heterocycles. The van der Waals surface area contributed by atoms with E-state index in [1.807, 2.05) is 74.5 Å². The van der Waals surface area contributed by atoms with E-state index >= 15 is 0 Å². The number of anilines is 2. The zero-order valence-corrected chi connectivity index (χ0v) is 17.9. The Morgan fingerprint density at radius 2 is 1.73 bits per heavy atom. The summed E-state index contributed by atoms with van der Waals surface area (Å²) in [4.78, 5) is 28.7. The number of carbonyl (C=O) groups excluding carboxylic acids is 2.